The van der Waals surface area contributed by atoms with Gasteiger partial charge in [0.25, 0.3) is 0 Å². The van der Waals surface area contributed by atoms with Crippen LogP contribution in [0.25, 0.3) is 0 Å². The van der Waals surface area contributed by atoms with Crippen molar-refractivity contribution < 1.29 is 19.1 Å². The predicted molar refractivity (Wildman–Crippen MR) is 108 cm³/mol. The minimum absolute atomic E-state index is 0.114. The van der Waals surface area contributed by atoms with Gasteiger partial charge in [-0.15, -0.1) is 0 Å². The van der Waals surface area contributed by atoms with E-state index < -0.39 is 11.9 Å². The first-order valence-corrected chi connectivity index (χ1v) is 9.49. The highest BCUT2D eigenvalue weighted by atomic mass is 35.5. The molecule has 0 spiro atoms. The zero-order chi connectivity index (χ0) is 20.1. The second-order valence-electron chi connectivity index (χ2n) is 6.59. The summed E-state index contributed by atoms with van der Waals surface area (Å²) in [5.74, 6) is -1.20. The number of esters is 1. The summed E-state index contributed by atoms with van der Waals surface area (Å²) in [7, 11) is 0. The third-order valence-electron chi connectivity index (χ3n) is 4.44. The van der Waals surface area contributed by atoms with Gasteiger partial charge in [0.1, 0.15) is 0 Å². The largest absolute Gasteiger partial charge is 0.462 e. The Morgan fingerprint density at radius 2 is 1.96 bits per heavy atom. The zero-order valence-corrected chi connectivity index (χ0v) is 16.2. The Morgan fingerprint density at radius 3 is 2.64 bits per heavy atom. The normalized spacial score (nSPS) is 16.1. The fraction of sp³-hybridized carbons (Fsp3) is 0.286. The molecule has 3 rings (SSSR count). The van der Waals surface area contributed by atoms with E-state index in [-0.39, 0.29) is 18.2 Å². The van der Waals surface area contributed by atoms with Crippen molar-refractivity contribution in [2.24, 2.45) is 5.92 Å². The summed E-state index contributed by atoms with van der Waals surface area (Å²) in [5.41, 5.74) is 1.67. The van der Waals surface area contributed by atoms with E-state index in [9.17, 15) is 14.4 Å². The second-order valence-corrected chi connectivity index (χ2v) is 7.02. The lowest BCUT2D eigenvalue weighted by Crippen LogP contribution is -2.28. The molecule has 0 aromatic heterocycles. The van der Waals surface area contributed by atoms with E-state index >= 15 is 0 Å². The molecule has 0 aliphatic carbocycles. The molecule has 1 atom stereocenters. The summed E-state index contributed by atoms with van der Waals surface area (Å²) in [6.45, 7) is 2.59. The molecule has 0 unspecified atom stereocenters. The van der Waals surface area contributed by atoms with E-state index in [4.69, 9.17) is 16.3 Å². The van der Waals surface area contributed by atoms with E-state index in [0.717, 1.165) is 6.42 Å². The molecule has 7 heteroatoms. The Balaban J connectivity index is 1.61. The molecule has 1 saturated heterocycles. The van der Waals surface area contributed by atoms with Gasteiger partial charge < -0.3 is 15.0 Å². The molecule has 1 heterocycles. The number of rotatable bonds is 6. The van der Waals surface area contributed by atoms with Gasteiger partial charge in [0.2, 0.25) is 11.8 Å². The van der Waals surface area contributed by atoms with Gasteiger partial charge in [0.05, 0.1) is 18.1 Å². The van der Waals surface area contributed by atoms with Crippen LogP contribution in [0.15, 0.2) is 48.5 Å². The van der Waals surface area contributed by atoms with Crippen molar-refractivity contribution >= 4 is 40.8 Å². The van der Waals surface area contributed by atoms with Crippen LogP contribution in [-0.2, 0) is 14.3 Å². The first-order chi connectivity index (χ1) is 13.5. The van der Waals surface area contributed by atoms with Crippen molar-refractivity contribution in [2.45, 2.75) is 19.8 Å². The highest BCUT2D eigenvalue weighted by Crippen LogP contribution is 2.28. The van der Waals surface area contributed by atoms with Gasteiger partial charge in [-0.05, 0) is 48.9 Å². The standard InChI is InChI=1S/C21H21ClN2O4/c1-2-10-28-21(27)14-6-8-17(9-7-14)23-20(26)15-11-19(25)24(13-15)18-5-3-4-16(22)12-18/h3-9,12,15H,2,10-11,13H2,1H3,(H,23,26)/t15-/m1/s1. The summed E-state index contributed by atoms with van der Waals surface area (Å²) in [6.07, 6.45) is 0.895. The first-order valence-electron chi connectivity index (χ1n) is 9.12. The molecule has 2 aromatic rings. The monoisotopic (exact) mass is 400 g/mol. The summed E-state index contributed by atoms with van der Waals surface area (Å²) < 4.78 is 5.07. The second kappa shape index (κ2) is 8.89. The number of nitrogens with zero attached hydrogens (tertiary/aromatic N) is 1. The van der Waals surface area contributed by atoms with Crippen LogP contribution in [0.5, 0.6) is 0 Å². The van der Waals surface area contributed by atoms with Crippen molar-refractivity contribution in [2.75, 3.05) is 23.4 Å². The molecule has 0 saturated carbocycles. The van der Waals surface area contributed by atoms with E-state index in [1.165, 1.54) is 0 Å². The minimum Gasteiger partial charge on any atom is -0.462 e. The zero-order valence-electron chi connectivity index (χ0n) is 15.5. The Labute approximate surface area is 168 Å². The van der Waals surface area contributed by atoms with Crippen LogP contribution in [0.3, 0.4) is 0 Å². The van der Waals surface area contributed by atoms with Crippen LogP contribution >= 0.6 is 11.6 Å². The number of hydrogen-bond acceptors (Lipinski definition) is 4. The van der Waals surface area contributed by atoms with Crippen LogP contribution in [-0.4, -0.2) is 30.9 Å². The molecule has 146 valence electrons. The van der Waals surface area contributed by atoms with Crippen LogP contribution in [0.4, 0.5) is 11.4 Å². The number of anilines is 2. The Kier molecular flexibility index (Phi) is 6.31. The molecular formula is C21H21ClN2O4. The Hall–Kier alpha value is -2.86. The molecule has 1 N–H and O–H groups in total. The van der Waals surface area contributed by atoms with Gasteiger partial charge in [-0.3, -0.25) is 9.59 Å². The molecular weight excluding hydrogens is 380 g/mol. The number of benzene rings is 2. The third-order valence-corrected chi connectivity index (χ3v) is 4.68. The maximum absolute atomic E-state index is 12.6. The van der Waals surface area contributed by atoms with E-state index in [1.807, 2.05) is 6.92 Å². The third kappa shape index (κ3) is 4.70. The van der Waals surface area contributed by atoms with Gasteiger partial charge in [-0.1, -0.05) is 24.6 Å². The van der Waals surface area contributed by atoms with Crippen molar-refractivity contribution in [3.63, 3.8) is 0 Å². The quantitative estimate of drug-likeness (QED) is 0.746. The fourth-order valence-electron chi connectivity index (χ4n) is 2.99. The average molecular weight is 401 g/mol. The SMILES string of the molecule is CCCOC(=O)c1ccc(NC(=O)[C@@H]2CC(=O)N(c3cccc(Cl)c3)C2)cc1. The van der Waals surface area contributed by atoms with E-state index in [0.29, 0.717) is 35.1 Å². The smallest absolute Gasteiger partial charge is 0.338 e. The number of hydrogen-bond donors (Lipinski definition) is 1. The number of ether oxygens (including phenoxy) is 1. The number of halogens is 1. The molecule has 6 nitrogen and oxygen atoms in total. The molecule has 0 bridgehead atoms. The highest BCUT2D eigenvalue weighted by Gasteiger charge is 2.35. The van der Waals surface area contributed by atoms with Crippen LogP contribution < -0.4 is 10.2 Å². The molecule has 1 aliphatic rings. The number of carbonyl (C=O) groups excluding carboxylic acids is 3. The number of carbonyl (C=O) groups is 3. The first kappa shape index (κ1) is 19.9. The molecule has 28 heavy (non-hydrogen) atoms. The minimum atomic E-state index is -0.458. The lowest BCUT2D eigenvalue weighted by Gasteiger charge is -2.17. The van der Waals surface area contributed by atoms with Crippen molar-refractivity contribution in [3.8, 4) is 0 Å². The van der Waals surface area contributed by atoms with Gasteiger partial charge in [-0.2, -0.15) is 0 Å². The maximum Gasteiger partial charge on any atom is 0.338 e. The van der Waals surface area contributed by atoms with Gasteiger partial charge in [0.15, 0.2) is 0 Å². The number of amides is 2. The van der Waals surface area contributed by atoms with Crippen molar-refractivity contribution in [1.82, 2.24) is 0 Å². The van der Waals surface area contributed by atoms with E-state index in [1.54, 1.807) is 53.4 Å². The van der Waals surface area contributed by atoms with Crippen LogP contribution in [0.1, 0.15) is 30.1 Å². The molecule has 0 radical (unpaired) electrons. The molecule has 1 aliphatic heterocycles. The topological polar surface area (TPSA) is 75.7 Å². The van der Waals surface area contributed by atoms with Crippen molar-refractivity contribution in [1.29, 1.82) is 0 Å². The summed E-state index contributed by atoms with van der Waals surface area (Å²) >= 11 is 5.99. The Morgan fingerprint density at radius 1 is 1.21 bits per heavy atom. The van der Waals surface area contributed by atoms with E-state index in [2.05, 4.69) is 5.32 Å². The van der Waals surface area contributed by atoms with Crippen LogP contribution in [0.2, 0.25) is 5.02 Å². The summed E-state index contributed by atoms with van der Waals surface area (Å²) in [6, 6.07) is 13.5. The van der Waals surface area contributed by atoms with Crippen LogP contribution in [0, 0.1) is 5.92 Å². The summed E-state index contributed by atoms with van der Waals surface area (Å²) in [4.78, 5) is 38.3. The molecule has 1 fully saturated rings. The molecule has 2 aromatic carbocycles. The maximum atomic E-state index is 12.6. The average Bonchev–Trinajstić information content (AvgIpc) is 3.08. The van der Waals surface area contributed by atoms with Gasteiger partial charge in [0, 0.05) is 29.4 Å². The lowest BCUT2D eigenvalue weighted by molar-refractivity contribution is -0.122. The highest BCUT2D eigenvalue weighted by molar-refractivity contribution is 6.31. The lowest BCUT2D eigenvalue weighted by atomic mass is 10.1. The van der Waals surface area contributed by atoms with Gasteiger partial charge >= 0.3 is 5.97 Å². The molecule has 2 amide bonds. The summed E-state index contributed by atoms with van der Waals surface area (Å²) in [5, 5.41) is 3.34. The number of nitrogens with one attached hydrogen (secondary N) is 1. The Bertz CT molecular complexity index is 882. The fourth-order valence-corrected chi connectivity index (χ4v) is 3.17. The van der Waals surface area contributed by atoms with Crippen molar-refractivity contribution in [3.05, 3.63) is 59.1 Å². The van der Waals surface area contributed by atoms with Gasteiger partial charge in [-0.25, -0.2) is 4.79 Å². The predicted octanol–water partition coefficient (Wildman–Crippen LogP) is 3.90.